The molecular formula is C12H9Cl2N3S. The maximum absolute atomic E-state index is 6.04. The molecular weight excluding hydrogens is 289 g/mol. The minimum Gasteiger partial charge on any atom is -0.369 e. The second-order valence-corrected chi connectivity index (χ2v) is 5.54. The predicted octanol–water partition coefficient (Wildman–Crippen LogP) is 4.04. The molecule has 3 nitrogen and oxygen atoms in total. The number of imidazole rings is 1. The largest absolute Gasteiger partial charge is 0.369 e. The number of fused-ring (bicyclic) bond motifs is 1. The minimum absolute atomic E-state index is 0.467. The Balaban J connectivity index is 2.16. The van der Waals surface area contributed by atoms with Crippen LogP contribution in [0.15, 0.2) is 29.0 Å². The van der Waals surface area contributed by atoms with Crippen LogP contribution in [0.4, 0.5) is 5.95 Å². The molecule has 0 aliphatic rings. The summed E-state index contributed by atoms with van der Waals surface area (Å²) >= 11 is 13.7. The second-order valence-electron chi connectivity index (χ2n) is 3.94. The first kappa shape index (κ1) is 11.8. The smallest absolute Gasteiger partial charge is 0.201 e. The molecule has 0 radical (unpaired) electrons. The fourth-order valence-corrected chi connectivity index (χ4v) is 2.85. The van der Waals surface area contributed by atoms with Crippen LogP contribution < -0.4 is 5.73 Å². The number of nitrogens with two attached hydrogens (primary N) is 1. The Morgan fingerprint density at radius 2 is 2.06 bits per heavy atom. The number of aromatic nitrogens is 2. The summed E-state index contributed by atoms with van der Waals surface area (Å²) in [5.74, 6) is 0.467. The van der Waals surface area contributed by atoms with E-state index in [0.29, 0.717) is 22.5 Å². The fraction of sp³-hybridized carbons (Fsp3) is 0.0833. The van der Waals surface area contributed by atoms with E-state index in [1.807, 2.05) is 9.95 Å². The summed E-state index contributed by atoms with van der Waals surface area (Å²) in [6.45, 7) is 0.684. The van der Waals surface area contributed by atoms with Gasteiger partial charge in [0.25, 0.3) is 0 Å². The van der Waals surface area contributed by atoms with Crippen LogP contribution in [0.5, 0.6) is 0 Å². The molecule has 6 heteroatoms. The Morgan fingerprint density at radius 3 is 2.78 bits per heavy atom. The van der Waals surface area contributed by atoms with E-state index in [1.165, 1.54) is 5.56 Å². The molecule has 0 aliphatic heterocycles. The first-order valence-electron chi connectivity index (χ1n) is 5.27. The number of hydrogen-bond acceptors (Lipinski definition) is 3. The van der Waals surface area contributed by atoms with Gasteiger partial charge in [-0.15, -0.1) is 0 Å². The highest BCUT2D eigenvalue weighted by atomic mass is 35.5. The molecule has 0 fully saturated rings. The Labute approximate surface area is 118 Å². The SMILES string of the molecule is Nc1nc2cc(Cl)c(Cl)cc2n1Cc1ccsc1. The molecule has 0 aliphatic carbocycles. The first-order valence-corrected chi connectivity index (χ1v) is 6.97. The third-order valence-corrected chi connectivity index (χ3v) is 4.19. The number of thiophene rings is 1. The summed E-state index contributed by atoms with van der Waals surface area (Å²) in [7, 11) is 0. The Morgan fingerprint density at radius 1 is 1.28 bits per heavy atom. The molecule has 0 saturated heterocycles. The molecule has 0 amide bonds. The van der Waals surface area contributed by atoms with E-state index in [0.717, 1.165) is 11.0 Å². The predicted molar refractivity (Wildman–Crippen MR) is 77.6 cm³/mol. The van der Waals surface area contributed by atoms with E-state index in [1.54, 1.807) is 23.5 Å². The van der Waals surface area contributed by atoms with E-state index in [-0.39, 0.29) is 0 Å². The van der Waals surface area contributed by atoms with Crippen LogP contribution in [0, 0.1) is 0 Å². The summed E-state index contributed by atoms with van der Waals surface area (Å²) in [5, 5.41) is 5.12. The third-order valence-electron chi connectivity index (χ3n) is 2.74. The number of anilines is 1. The van der Waals surface area contributed by atoms with Crippen molar-refractivity contribution in [1.29, 1.82) is 0 Å². The Hall–Kier alpha value is -1.23. The van der Waals surface area contributed by atoms with Gasteiger partial charge in [0.2, 0.25) is 5.95 Å². The topological polar surface area (TPSA) is 43.8 Å². The van der Waals surface area contributed by atoms with Crippen molar-refractivity contribution in [2.24, 2.45) is 0 Å². The van der Waals surface area contributed by atoms with Crippen LogP contribution >= 0.6 is 34.5 Å². The standard InChI is InChI=1S/C12H9Cl2N3S/c13-8-3-10-11(4-9(8)14)17(12(15)16-10)5-7-1-2-18-6-7/h1-4,6H,5H2,(H2,15,16). The monoisotopic (exact) mass is 297 g/mol. The highest BCUT2D eigenvalue weighted by Crippen LogP contribution is 2.29. The third kappa shape index (κ3) is 1.96. The Bertz CT molecular complexity index is 704. The summed E-state index contributed by atoms with van der Waals surface area (Å²) in [5.41, 5.74) is 8.79. The number of hydrogen-bond donors (Lipinski definition) is 1. The summed E-state index contributed by atoms with van der Waals surface area (Å²) in [6.07, 6.45) is 0. The molecule has 2 N–H and O–H groups in total. The van der Waals surface area contributed by atoms with Crippen LogP contribution in [0.25, 0.3) is 11.0 Å². The number of halogens is 2. The van der Waals surface area contributed by atoms with Gasteiger partial charge >= 0.3 is 0 Å². The molecule has 0 unspecified atom stereocenters. The van der Waals surface area contributed by atoms with Gasteiger partial charge in [-0.25, -0.2) is 4.98 Å². The van der Waals surface area contributed by atoms with E-state index < -0.39 is 0 Å². The summed E-state index contributed by atoms with van der Waals surface area (Å²) in [4.78, 5) is 4.30. The van der Waals surface area contributed by atoms with Gasteiger partial charge in [-0.05, 0) is 34.5 Å². The molecule has 0 saturated carbocycles. The van der Waals surface area contributed by atoms with Crippen molar-refractivity contribution >= 4 is 51.5 Å². The molecule has 1 aromatic carbocycles. The lowest BCUT2D eigenvalue weighted by Crippen LogP contribution is -2.03. The molecule has 2 aromatic heterocycles. The van der Waals surface area contributed by atoms with Crippen molar-refractivity contribution in [3.05, 3.63) is 44.6 Å². The lowest BCUT2D eigenvalue weighted by Gasteiger charge is -2.05. The van der Waals surface area contributed by atoms with E-state index in [2.05, 4.69) is 16.4 Å². The van der Waals surface area contributed by atoms with E-state index >= 15 is 0 Å². The molecule has 3 aromatic rings. The molecule has 0 spiro atoms. The van der Waals surface area contributed by atoms with Gasteiger partial charge in [-0.3, -0.25) is 0 Å². The maximum Gasteiger partial charge on any atom is 0.201 e. The van der Waals surface area contributed by atoms with E-state index in [9.17, 15) is 0 Å². The van der Waals surface area contributed by atoms with Gasteiger partial charge < -0.3 is 10.3 Å². The lowest BCUT2D eigenvalue weighted by atomic mass is 10.3. The van der Waals surface area contributed by atoms with Gasteiger partial charge in [0.05, 0.1) is 27.6 Å². The zero-order valence-corrected chi connectivity index (χ0v) is 11.6. The second kappa shape index (κ2) is 4.46. The zero-order chi connectivity index (χ0) is 12.7. The molecule has 2 heterocycles. The van der Waals surface area contributed by atoms with E-state index in [4.69, 9.17) is 28.9 Å². The highest BCUT2D eigenvalue weighted by molar-refractivity contribution is 7.07. The normalized spacial score (nSPS) is 11.2. The molecule has 0 bridgehead atoms. The van der Waals surface area contributed by atoms with Crippen LogP contribution in [-0.4, -0.2) is 9.55 Å². The molecule has 0 atom stereocenters. The quantitative estimate of drug-likeness (QED) is 0.776. The molecule has 3 rings (SSSR count). The van der Waals surface area contributed by atoms with Crippen molar-refractivity contribution in [1.82, 2.24) is 9.55 Å². The molecule has 18 heavy (non-hydrogen) atoms. The van der Waals surface area contributed by atoms with Gasteiger partial charge in [0.15, 0.2) is 0 Å². The van der Waals surface area contributed by atoms with Crippen LogP contribution in [0.1, 0.15) is 5.56 Å². The number of nitrogen functional groups attached to an aromatic ring is 1. The zero-order valence-electron chi connectivity index (χ0n) is 9.23. The fourth-order valence-electron chi connectivity index (χ4n) is 1.87. The van der Waals surface area contributed by atoms with Crippen LogP contribution in [-0.2, 0) is 6.54 Å². The minimum atomic E-state index is 0.467. The summed E-state index contributed by atoms with van der Waals surface area (Å²) in [6, 6.07) is 5.60. The number of benzene rings is 1. The summed E-state index contributed by atoms with van der Waals surface area (Å²) < 4.78 is 1.93. The Kier molecular flexibility index (Phi) is 2.93. The maximum atomic E-state index is 6.04. The van der Waals surface area contributed by atoms with Gasteiger partial charge in [-0.2, -0.15) is 11.3 Å². The van der Waals surface area contributed by atoms with Gasteiger partial charge in [0.1, 0.15) is 0 Å². The van der Waals surface area contributed by atoms with Crippen molar-refractivity contribution in [2.45, 2.75) is 6.54 Å². The van der Waals surface area contributed by atoms with Crippen molar-refractivity contribution < 1.29 is 0 Å². The number of nitrogens with zero attached hydrogens (tertiary/aromatic N) is 2. The molecule has 92 valence electrons. The average Bonchev–Trinajstić information content (AvgIpc) is 2.92. The lowest BCUT2D eigenvalue weighted by molar-refractivity contribution is 0.842. The highest BCUT2D eigenvalue weighted by Gasteiger charge is 2.11. The van der Waals surface area contributed by atoms with Crippen molar-refractivity contribution in [3.63, 3.8) is 0 Å². The number of rotatable bonds is 2. The van der Waals surface area contributed by atoms with Crippen molar-refractivity contribution in [3.8, 4) is 0 Å². The van der Waals surface area contributed by atoms with Crippen molar-refractivity contribution in [2.75, 3.05) is 5.73 Å². The van der Waals surface area contributed by atoms with Crippen LogP contribution in [0.3, 0.4) is 0 Å². The van der Waals surface area contributed by atoms with Gasteiger partial charge in [0, 0.05) is 0 Å². The van der Waals surface area contributed by atoms with Crippen LogP contribution in [0.2, 0.25) is 10.0 Å². The first-order chi connectivity index (χ1) is 8.65. The average molecular weight is 298 g/mol. The van der Waals surface area contributed by atoms with Gasteiger partial charge in [-0.1, -0.05) is 23.2 Å².